The van der Waals surface area contributed by atoms with Crippen molar-refractivity contribution in [2.24, 2.45) is 0 Å². The third kappa shape index (κ3) is 3.26. The maximum Gasteiger partial charge on any atom is 0.435 e. The van der Waals surface area contributed by atoms with Crippen LogP contribution in [0, 0.1) is 0 Å². The average molecular weight is 341 g/mol. The summed E-state index contributed by atoms with van der Waals surface area (Å²) < 4.78 is 38.7. The van der Waals surface area contributed by atoms with E-state index in [1.807, 2.05) is 0 Å². The first-order valence-corrected chi connectivity index (χ1v) is 6.71. The van der Waals surface area contributed by atoms with Crippen molar-refractivity contribution in [3.05, 3.63) is 63.7 Å². The van der Waals surface area contributed by atoms with E-state index >= 15 is 0 Å². The van der Waals surface area contributed by atoms with Gasteiger partial charge < -0.3 is 0 Å². The van der Waals surface area contributed by atoms with Crippen LogP contribution >= 0.6 is 11.6 Å². The van der Waals surface area contributed by atoms with Gasteiger partial charge in [-0.3, -0.25) is 9.78 Å². The Bertz CT molecular complexity index is 917. The molecule has 3 aromatic rings. The lowest BCUT2D eigenvalue weighted by Crippen LogP contribution is -2.14. The van der Waals surface area contributed by atoms with E-state index in [9.17, 15) is 18.0 Å². The molecule has 0 atom stereocenters. The maximum atomic E-state index is 12.6. The van der Waals surface area contributed by atoms with Crippen LogP contribution in [0.25, 0.3) is 17.2 Å². The molecule has 0 aliphatic rings. The van der Waals surface area contributed by atoms with Gasteiger partial charge in [0.1, 0.15) is 0 Å². The number of aromatic amines is 1. The lowest BCUT2D eigenvalue weighted by atomic mass is 10.1. The van der Waals surface area contributed by atoms with E-state index in [0.717, 1.165) is 16.9 Å². The van der Waals surface area contributed by atoms with Crippen LogP contribution in [0.3, 0.4) is 0 Å². The minimum absolute atomic E-state index is 0.122. The molecule has 0 unspecified atom stereocenters. The molecule has 0 aliphatic carbocycles. The Morgan fingerprint density at radius 2 is 1.96 bits per heavy atom. The van der Waals surface area contributed by atoms with E-state index < -0.39 is 17.4 Å². The molecule has 5 nitrogen and oxygen atoms in total. The summed E-state index contributed by atoms with van der Waals surface area (Å²) in [5.74, 6) is -0.122. The van der Waals surface area contributed by atoms with Gasteiger partial charge in [0, 0.05) is 22.8 Å². The van der Waals surface area contributed by atoms with Crippen LogP contribution in [-0.4, -0.2) is 19.7 Å². The van der Waals surface area contributed by atoms with E-state index in [0.29, 0.717) is 10.6 Å². The summed E-state index contributed by atoms with van der Waals surface area (Å²) >= 11 is 5.89. The van der Waals surface area contributed by atoms with Gasteiger partial charge in [-0.1, -0.05) is 23.7 Å². The zero-order chi connectivity index (χ0) is 16.6. The molecule has 0 radical (unpaired) electrons. The number of alkyl halides is 3. The van der Waals surface area contributed by atoms with Crippen molar-refractivity contribution in [1.29, 1.82) is 0 Å². The van der Waals surface area contributed by atoms with Crippen LogP contribution in [0.5, 0.6) is 0 Å². The molecule has 9 heteroatoms. The molecule has 0 amide bonds. The number of benzene rings is 1. The number of hydrogen-bond donors (Lipinski definition) is 1. The van der Waals surface area contributed by atoms with E-state index in [4.69, 9.17) is 11.6 Å². The summed E-state index contributed by atoms with van der Waals surface area (Å²) in [6.07, 6.45) is -3.50. The zero-order valence-corrected chi connectivity index (χ0v) is 12.1. The molecular formula is C14H8ClF3N4O. The van der Waals surface area contributed by atoms with E-state index in [1.54, 1.807) is 24.3 Å². The van der Waals surface area contributed by atoms with Gasteiger partial charge in [-0.2, -0.15) is 18.3 Å². The standard InChI is InChI=1S/C14H8ClF3N4O/c15-9-3-1-2-8(6-9)10-7-12(23)20-13(19-10)22-5-4-11(21-22)14(16,17)18/h1-7H,(H,19,20,23). The molecule has 3 rings (SSSR count). The van der Waals surface area contributed by atoms with Gasteiger partial charge in [0.25, 0.3) is 5.56 Å². The van der Waals surface area contributed by atoms with Gasteiger partial charge >= 0.3 is 6.18 Å². The molecule has 0 saturated carbocycles. The van der Waals surface area contributed by atoms with Crippen molar-refractivity contribution in [2.75, 3.05) is 0 Å². The maximum absolute atomic E-state index is 12.6. The van der Waals surface area contributed by atoms with Crippen molar-refractivity contribution < 1.29 is 13.2 Å². The highest BCUT2D eigenvalue weighted by molar-refractivity contribution is 6.30. The van der Waals surface area contributed by atoms with Gasteiger partial charge in [0.05, 0.1) is 5.69 Å². The summed E-state index contributed by atoms with van der Waals surface area (Å²) in [6.45, 7) is 0. The average Bonchev–Trinajstić information content (AvgIpc) is 2.96. The topological polar surface area (TPSA) is 63.6 Å². The van der Waals surface area contributed by atoms with E-state index in [1.165, 1.54) is 6.07 Å². The number of H-pyrrole nitrogens is 1. The first-order valence-electron chi connectivity index (χ1n) is 6.33. The molecule has 0 bridgehead atoms. The lowest BCUT2D eigenvalue weighted by Gasteiger charge is -2.05. The second-order valence-corrected chi connectivity index (χ2v) is 5.04. The fourth-order valence-corrected chi connectivity index (χ4v) is 2.13. The lowest BCUT2D eigenvalue weighted by molar-refractivity contribution is -0.141. The highest BCUT2D eigenvalue weighted by atomic mass is 35.5. The van der Waals surface area contributed by atoms with Crippen molar-refractivity contribution in [3.8, 4) is 17.2 Å². The minimum Gasteiger partial charge on any atom is -0.291 e. The molecule has 1 N–H and O–H groups in total. The number of aromatic nitrogens is 4. The Kier molecular flexibility index (Phi) is 3.69. The summed E-state index contributed by atoms with van der Waals surface area (Å²) in [7, 11) is 0. The Morgan fingerprint density at radius 3 is 2.61 bits per heavy atom. The smallest absolute Gasteiger partial charge is 0.291 e. The SMILES string of the molecule is O=c1cc(-c2cccc(Cl)c2)nc(-n2ccc(C(F)(F)F)n2)[nH]1. The predicted octanol–water partition coefficient (Wildman–Crippen LogP) is 3.29. The number of rotatable bonds is 2. The Labute approximate surface area is 132 Å². The first kappa shape index (κ1) is 15.3. The highest BCUT2D eigenvalue weighted by Gasteiger charge is 2.33. The van der Waals surface area contributed by atoms with Gasteiger partial charge in [-0.05, 0) is 18.2 Å². The Morgan fingerprint density at radius 1 is 1.17 bits per heavy atom. The van der Waals surface area contributed by atoms with Crippen LogP contribution in [-0.2, 0) is 6.18 Å². The fraction of sp³-hybridized carbons (Fsp3) is 0.0714. The summed E-state index contributed by atoms with van der Waals surface area (Å²) in [4.78, 5) is 18.2. The normalized spacial score (nSPS) is 11.7. The first-order chi connectivity index (χ1) is 10.8. The van der Waals surface area contributed by atoms with Crippen LogP contribution in [0.1, 0.15) is 5.69 Å². The van der Waals surface area contributed by atoms with Crippen molar-refractivity contribution in [2.45, 2.75) is 6.18 Å². The number of halogens is 4. The largest absolute Gasteiger partial charge is 0.435 e. The molecule has 118 valence electrons. The van der Waals surface area contributed by atoms with Crippen LogP contribution in [0.2, 0.25) is 5.02 Å². The van der Waals surface area contributed by atoms with Gasteiger partial charge in [-0.25, -0.2) is 9.67 Å². The Balaban J connectivity index is 2.08. The predicted molar refractivity (Wildman–Crippen MR) is 77.4 cm³/mol. The molecule has 0 spiro atoms. The number of hydrogen-bond acceptors (Lipinski definition) is 3. The second kappa shape index (κ2) is 5.54. The summed E-state index contributed by atoms with van der Waals surface area (Å²) in [5, 5.41) is 3.83. The molecule has 2 heterocycles. The molecule has 0 fully saturated rings. The number of nitrogens with one attached hydrogen (secondary N) is 1. The van der Waals surface area contributed by atoms with Gasteiger partial charge in [-0.15, -0.1) is 0 Å². The van der Waals surface area contributed by atoms with Crippen molar-refractivity contribution in [3.63, 3.8) is 0 Å². The second-order valence-electron chi connectivity index (χ2n) is 4.61. The molecule has 0 saturated heterocycles. The fourth-order valence-electron chi connectivity index (χ4n) is 1.94. The summed E-state index contributed by atoms with van der Waals surface area (Å²) in [5.41, 5.74) is -0.759. The molecule has 2 aromatic heterocycles. The molecule has 23 heavy (non-hydrogen) atoms. The van der Waals surface area contributed by atoms with Crippen LogP contribution < -0.4 is 5.56 Å². The highest BCUT2D eigenvalue weighted by Crippen LogP contribution is 2.27. The minimum atomic E-state index is -4.57. The number of nitrogens with zero attached hydrogens (tertiary/aromatic N) is 3. The summed E-state index contributed by atoms with van der Waals surface area (Å²) in [6, 6.07) is 8.63. The molecule has 1 aromatic carbocycles. The van der Waals surface area contributed by atoms with Crippen LogP contribution in [0.4, 0.5) is 13.2 Å². The van der Waals surface area contributed by atoms with Gasteiger partial charge in [0.2, 0.25) is 5.95 Å². The van der Waals surface area contributed by atoms with Crippen molar-refractivity contribution >= 4 is 11.6 Å². The third-order valence-electron chi connectivity index (χ3n) is 2.95. The third-order valence-corrected chi connectivity index (χ3v) is 3.18. The Hall–Kier alpha value is -2.61. The zero-order valence-electron chi connectivity index (χ0n) is 11.3. The van der Waals surface area contributed by atoms with E-state index in [2.05, 4.69) is 15.1 Å². The quantitative estimate of drug-likeness (QED) is 0.778. The van der Waals surface area contributed by atoms with Crippen molar-refractivity contribution in [1.82, 2.24) is 19.7 Å². The van der Waals surface area contributed by atoms with Gasteiger partial charge in [0.15, 0.2) is 5.69 Å². The molecular weight excluding hydrogens is 333 g/mol. The van der Waals surface area contributed by atoms with E-state index in [-0.39, 0.29) is 11.6 Å². The van der Waals surface area contributed by atoms with Crippen LogP contribution in [0.15, 0.2) is 47.4 Å². The monoisotopic (exact) mass is 340 g/mol. The molecule has 0 aliphatic heterocycles.